The van der Waals surface area contributed by atoms with Gasteiger partial charge in [0.05, 0.1) is 5.69 Å². The molecular weight excluding hydrogens is 324 g/mol. The largest absolute Gasteiger partial charge is 0.368 e. The van der Waals surface area contributed by atoms with E-state index in [4.69, 9.17) is 0 Å². The minimum absolute atomic E-state index is 0.700. The highest BCUT2D eigenvalue weighted by Gasteiger charge is 2.22. The third-order valence-electron chi connectivity index (χ3n) is 4.31. The summed E-state index contributed by atoms with van der Waals surface area (Å²) in [6.07, 6.45) is 5.46. The summed E-state index contributed by atoms with van der Waals surface area (Å²) in [5, 5.41) is 3.51. The predicted molar refractivity (Wildman–Crippen MR) is 96.0 cm³/mol. The summed E-state index contributed by atoms with van der Waals surface area (Å²) in [5.41, 5.74) is 2.71. The maximum Gasteiger partial charge on any atom is 0.0513 e. The highest BCUT2D eigenvalue weighted by molar-refractivity contribution is 9.10. The van der Waals surface area contributed by atoms with Crippen LogP contribution in [0.2, 0.25) is 0 Å². The van der Waals surface area contributed by atoms with E-state index in [2.05, 4.69) is 65.1 Å². The fraction of sp³-hybridized carbons (Fsp3) is 0.667. The van der Waals surface area contributed by atoms with E-state index in [1.54, 1.807) is 0 Å². The van der Waals surface area contributed by atoms with Gasteiger partial charge in [-0.2, -0.15) is 0 Å². The number of hydrogen-bond acceptors (Lipinski definition) is 2. The Morgan fingerprint density at radius 2 is 2.00 bits per heavy atom. The molecule has 2 nitrogen and oxygen atoms in total. The van der Waals surface area contributed by atoms with Crippen molar-refractivity contribution in [2.45, 2.75) is 59.0 Å². The fourth-order valence-corrected chi connectivity index (χ4v) is 3.89. The highest BCUT2D eigenvalue weighted by Crippen LogP contribution is 2.33. The normalized spacial score (nSPS) is 15.9. The number of benzene rings is 1. The molecule has 1 aliphatic carbocycles. The van der Waals surface area contributed by atoms with Crippen molar-refractivity contribution < 1.29 is 0 Å². The maximum absolute atomic E-state index is 3.79. The average Bonchev–Trinajstić information content (AvgIpc) is 2.95. The Labute approximate surface area is 138 Å². The molecule has 1 aromatic carbocycles. The van der Waals surface area contributed by atoms with E-state index >= 15 is 0 Å². The summed E-state index contributed by atoms with van der Waals surface area (Å²) in [4.78, 5) is 2.57. The van der Waals surface area contributed by atoms with E-state index in [-0.39, 0.29) is 0 Å². The van der Waals surface area contributed by atoms with Crippen molar-refractivity contribution in [2.24, 2.45) is 5.92 Å². The van der Waals surface area contributed by atoms with Crippen molar-refractivity contribution in [1.82, 2.24) is 5.32 Å². The van der Waals surface area contributed by atoms with Crippen molar-refractivity contribution in [3.63, 3.8) is 0 Å². The molecule has 21 heavy (non-hydrogen) atoms. The molecule has 1 fully saturated rings. The number of nitrogens with zero attached hydrogens (tertiary/aromatic N) is 1. The number of anilines is 1. The lowest BCUT2D eigenvalue weighted by molar-refractivity contribution is 0.552. The molecule has 0 spiro atoms. The third-order valence-corrected chi connectivity index (χ3v) is 4.94. The number of rotatable bonds is 7. The van der Waals surface area contributed by atoms with Gasteiger partial charge < -0.3 is 10.2 Å². The first-order valence-electron chi connectivity index (χ1n) is 8.37. The molecule has 0 bridgehead atoms. The summed E-state index contributed by atoms with van der Waals surface area (Å²) < 4.78 is 1.24. The maximum atomic E-state index is 3.79. The molecule has 0 saturated heterocycles. The van der Waals surface area contributed by atoms with Crippen LogP contribution in [-0.4, -0.2) is 19.1 Å². The van der Waals surface area contributed by atoms with Crippen LogP contribution in [0, 0.1) is 5.92 Å². The Balaban J connectivity index is 2.03. The Morgan fingerprint density at radius 3 is 2.57 bits per heavy atom. The molecule has 0 aliphatic heterocycles. The fourth-order valence-electron chi connectivity index (χ4n) is 3.24. The molecule has 0 heterocycles. The Bertz CT molecular complexity index is 439. The Kier molecular flexibility index (Phi) is 6.56. The van der Waals surface area contributed by atoms with Crippen LogP contribution in [0.5, 0.6) is 0 Å². The molecule has 0 radical (unpaired) electrons. The standard InChI is InChI=1S/C18H29BrN2/c1-4-21(16-7-5-6-8-16)18-10-9-15(11-17(18)19)13-20-12-14(2)3/h9-11,14,16,20H,4-8,12-13H2,1-3H3. The first-order chi connectivity index (χ1) is 10.1. The number of halogens is 1. The zero-order chi connectivity index (χ0) is 15.2. The molecule has 1 aromatic rings. The van der Waals surface area contributed by atoms with Gasteiger partial charge in [0.2, 0.25) is 0 Å². The molecule has 0 aromatic heterocycles. The minimum atomic E-state index is 0.700. The van der Waals surface area contributed by atoms with Crippen molar-refractivity contribution >= 4 is 21.6 Å². The molecule has 2 rings (SSSR count). The second-order valence-electron chi connectivity index (χ2n) is 6.53. The predicted octanol–water partition coefficient (Wildman–Crippen LogP) is 4.96. The molecule has 0 unspecified atom stereocenters. The molecule has 0 amide bonds. The molecule has 1 aliphatic rings. The summed E-state index contributed by atoms with van der Waals surface area (Å²) in [6.45, 7) is 9.87. The van der Waals surface area contributed by atoms with Gasteiger partial charge in [-0.25, -0.2) is 0 Å². The van der Waals surface area contributed by atoms with Crippen molar-refractivity contribution in [1.29, 1.82) is 0 Å². The van der Waals surface area contributed by atoms with E-state index in [1.807, 2.05) is 0 Å². The number of hydrogen-bond donors (Lipinski definition) is 1. The zero-order valence-electron chi connectivity index (χ0n) is 13.7. The van der Waals surface area contributed by atoms with E-state index in [9.17, 15) is 0 Å². The van der Waals surface area contributed by atoms with Gasteiger partial charge in [-0.05, 0) is 65.9 Å². The van der Waals surface area contributed by atoms with Gasteiger partial charge in [0.25, 0.3) is 0 Å². The van der Waals surface area contributed by atoms with Crippen LogP contribution in [0.3, 0.4) is 0 Å². The second kappa shape index (κ2) is 8.19. The first-order valence-corrected chi connectivity index (χ1v) is 9.17. The number of nitrogens with one attached hydrogen (secondary N) is 1. The van der Waals surface area contributed by atoms with Crippen molar-refractivity contribution in [2.75, 3.05) is 18.0 Å². The van der Waals surface area contributed by atoms with Gasteiger partial charge in [-0.1, -0.05) is 32.8 Å². The summed E-state index contributed by atoms with van der Waals surface area (Å²) in [5.74, 6) is 0.700. The van der Waals surface area contributed by atoms with Crippen LogP contribution >= 0.6 is 15.9 Å². The van der Waals surface area contributed by atoms with Gasteiger partial charge in [0.1, 0.15) is 0 Å². The van der Waals surface area contributed by atoms with Crippen LogP contribution in [0.1, 0.15) is 52.0 Å². The van der Waals surface area contributed by atoms with Crippen molar-refractivity contribution in [3.05, 3.63) is 28.2 Å². The lowest BCUT2D eigenvalue weighted by Crippen LogP contribution is -2.33. The average molecular weight is 353 g/mol. The van der Waals surface area contributed by atoms with Crippen LogP contribution in [0.4, 0.5) is 5.69 Å². The quantitative estimate of drug-likeness (QED) is 0.745. The molecule has 1 saturated carbocycles. The Morgan fingerprint density at radius 1 is 1.29 bits per heavy atom. The Hall–Kier alpha value is -0.540. The topological polar surface area (TPSA) is 15.3 Å². The van der Waals surface area contributed by atoms with Gasteiger partial charge in [0.15, 0.2) is 0 Å². The highest BCUT2D eigenvalue weighted by atomic mass is 79.9. The van der Waals surface area contributed by atoms with Gasteiger partial charge in [-0.15, -0.1) is 0 Å². The van der Waals surface area contributed by atoms with Crippen LogP contribution in [-0.2, 0) is 6.54 Å². The smallest absolute Gasteiger partial charge is 0.0513 e. The van der Waals surface area contributed by atoms with Crippen molar-refractivity contribution in [3.8, 4) is 0 Å². The van der Waals surface area contributed by atoms with E-state index < -0.39 is 0 Å². The lowest BCUT2D eigenvalue weighted by atomic mass is 10.1. The SMILES string of the molecule is CCN(c1ccc(CNCC(C)C)cc1Br)C1CCCC1. The van der Waals surface area contributed by atoms with Gasteiger partial charge >= 0.3 is 0 Å². The van der Waals surface area contributed by atoms with E-state index in [0.717, 1.165) is 25.7 Å². The van der Waals surface area contributed by atoms with Crippen LogP contribution < -0.4 is 10.2 Å². The van der Waals surface area contributed by atoms with E-state index in [1.165, 1.54) is 41.4 Å². The van der Waals surface area contributed by atoms with Gasteiger partial charge in [-0.3, -0.25) is 0 Å². The van der Waals surface area contributed by atoms with Crippen LogP contribution in [0.15, 0.2) is 22.7 Å². The third kappa shape index (κ3) is 4.72. The summed E-state index contributed by atoms with van der Waals surface area (Å²) in [7, 11) is 0. The molecule has 3 heteroatoms. The molecule has 1 N–H and O–H groups in total. The lowest BCUT2D eigenvalue weighted by Gasteiger charge is -2.31. The summed E-state index contributed by atoms with van der Waals surface area (Å²) >= 11 is 3.79. The first kappa shape index (κ1) is 16.8. The molecule has 0 atom stereocenters. The molecule has 118 valence electrons. The van der Waals surface area contributed by atoms with Crippen LogP contribution in [0.25, 0.3) is 0 Å². The van der Waals surface area contributed by atoms with E-state index in [0.29, 0.717) is 5.92 Å². The van der Waals surface area contributed by atoms with Gasteiger partial charge in [0, 0.05) is 23.6 Å². The second-order valence-corrected chi connectivity index (χ2v) is 7.39. The molecular formula is C18H29BrN2. The summed E-state index contributed by atoms with van der Waals surface area (Å²) in [6, 6.07) is 7.57. The minimum Gasteiger partial charge on any atom is -0.368 e. The monoisotopic (exact) mass is 352 g/mol. The zero-order valence-corrected chi connectivity index (χ0v) is 15.2.